The van der Waals surface area contributed by atoms with Crippen LogP contribution in [0.3, 0.4) is 0 Å². The van der Waals surface area contributed by atoms with Gasteiger partial charge in [-0.05, 0) is 42.1 Å². The lowest BCUT2D eigenvalue weighted by Gasteiger charge is -2.18. The molecule has 2 heterocycles. The molecule has 5 nitrogen and oxygen atoms in total. The summed E-state index contributed by atoms with van der Waals surface area (Å²) in [6.07, 6.45) is 2.39. The predicted molar refractivity (Wildman–Crippen MR) is 87.9 cm³/mol. The van der Waals surface area contributed by atoms with Gasteiger partial charge in [0.25, 0.3) is 5.91 Å². The van der Waals surface area contributed by atoms with Gasteiger partial charge in [0.2, 0.25) is 0 Å². The number of thioether (sulfide) groups is 1. The highest BCUT2D eigenvalue weighted by Gasteiger charge is 2.24. The van der Waals surface area contributed by atoms with Crippen molar-refractivity contribution in [3.8, 4) is 0 Å². The zero-order valence-corrected chi connectivity index (χ0v) is 13.6. The number of hydrogen-bond acceptors (Lipinski definition) is 5. The number of amides is 1. The molecule has 22 heavy (non-hydrogen) atoms. The van der Waals surface area contributed by atoms with Crippen LogP contribution in [-0.2, 0) is 4.79 Å². The smallest absolute Gasteiger partial charge is 0.257 e. The zero-order chi connectivity index (χ0) is 15.5. The molecule has 0 fully saturated rings. The Balaban J connectivity index is 1.81. The first-order valence-corrected chi connectivity index (χ1v) is 8.01. The number of halogens is 1. The number of nitrogens with one attached hydrogen (secondary N) is 1. The molecule has 2 aromatic rings. The molecule has 1 aromatic heterocycles. The number of aliphatic imine (C=N–C) groups is 1. The first-order chi connectivity index (χ1) is 10.7. The lowest BCUT2D eigenvalue weighted by atomic mass is 10.1. The van der Waals surface area contributed by atoms with Gasteiger partial charge >= 0.3 is 0 Å². The van der Waals surface area contributed by atoms with E-state index in [0.29, 0.717) is 15.8 Å². The lowest BCUT2D eigenvalue weighted by Crippen LogP contribution is -2.30. The quantitative estimate of drug-likeness (QED) is 0.819. The fourth-order valence-corrected chi connectivity index (χ4v) is 3.14. The van der Waals surface area contributed by atoms with Gasteiger partial charge in [0.1, 0.15) is 17.4 Å². The second-order valence-corrected chi connectivity index (χ2v) is 6.37. The van der Waals surface area contributed by atoms with Crippen molar-refractivity contribution in [2.75, 3.05) is 0 Å². The van der Waals surface area contributed by atoms with Crippen LogP contribution in [0.1, 0.15) is 22.0 Å². The summed E-state index contributed by atoms with van der Waals surface area (Å²) in [7, 11) is 0. The van der Waals surface area contributed by atoms with Gasteiger partial charge in [-0.2, -0.15) is 0 Å². The minimum Gasteiger partial charge on any atom is -0.301 e. The molecule has 110 valence electrons. The van der Waals surface area contributed by atoms with Gasteiger partial charge in [-0.25, -0.2) is 9.98 Å². The Bertz CT molecular complexity index is 762. The molecular formula is C15H10BrN3O2S. The van der Waals surface area contributed by atoms with Crippen LogP contribution in [0.25, 0.3) is 0 Å². The highest BCUT2D eigenvalue weighted by molar-refractivity contribution is 9.10. The van der Waals surface area contributed by atoms with E-state index in [9.17, 15) is 9.59 Å². The molecule has 1 aliphatic heterocycles. The second kappa shape index (κ2) is 6.41. The van der Waals surface area contributed by atoms with Gasteiger partial charge < -0.3 is 10.1 Å². The number of carbonyl (C=O) groups excluding carboxylic acids is 2. The van der Waals surface area contributed by atoms with Crippen LogP contribution in [-0.4, -0.2) is 22.3 Å². The van der Waals surface area contributed by atoms with E-state index in [0.717, 1.165) is 16.3 Å². The third kappa shape index (κ3) is 3.10. The summed E-state index contributed by atoms with van der Waals surface area (Å²) < 4.78 is 0.896. The highest BCUT2D eigenvalue weighted by Crippen LogP contribution is 2.32. The van der Waals surface area contributed by atoms with Gasteiger partial charge in [0.05, 0.1) is 0 Å². The van der Waals surface area contributed by atoms with Crippen LogP contribution in [0.4, 0.5) is 0 Å². The first kappa shape index (κ1) is 14.9. The van der Waals surface area contributed by atoms with E-state index in [1.54, 1.807) is 36.5 Å². The van der Waals surface area contributed by atoms with Gasteiger partial charge in [-0.15, -0.1) is 0 Å². The van der Waals surface area contributed by atoms with Crippen LogP contribution in [0.2, 0.25) is 0 Å². The Labute approximate surface area is 139 Å². The van der Waals surface area contributed by atoms with Crippen molar-refractivity contribution in [2.45, 2.75) is 11.1 Å². The maximum atomic E-state index is 12.2. The summed E-state index contributed by atoms with van der Waals surface area (Å²) in [5, 5.41) is 3.77. The van der Waals surface area contributed by atoms with Crippen molar-refractivity contribution in [1.29, 1.82) is 0 Å². The standard InChI is InChI=1S/C15H10BrN3O2S/c16-10-5-3-9(4-6-10)13(21)19-15-18-12(8-20)11-2-1-7-17-14(11)22-15/h1-8,12H,(H,18,19,21). The first-order valence-electron chi connectivity index (χ1n) is 6.40. The minimum atomic E-state index is -0.634. The van der Waals surface area contributed by atoms with E-state index in [2.05, 4.69) is 31.2 Å². The second-order valence-electron chi connectivity index (χ2n) is 4.48. The van der Waals surface area contributed by atoms with Crippen molar-refractivity contribution in [1.82, 2.24) is 10.3 Å². The summed E-state index contributed by atoms with van der Waals surface area (Å²) in [6, 6.07) is 9.92. The third-order valence-corrected chi connectivity index (χ3v) is 4.49. The van der Waals surface area contributed by atoms with Crippen molar-refractivity contribution >= 4 is 45.1 Å². The summed E-state index contributed by atoms with van der Waals surface area (Å²) in [4.78, 5) is 31.9. The fraction of sp³-hybridized carbons (Fsp3) is 0.0667. The molecule has 0 aliphatic carbocycles. The summed E-state index contributed by atoms with van der Waals surface area (Å²) in [5.41, 5.74) is 1.27. The third-order valence-electron chi connectivity index (χ3n) is 3.02. The van der Waals surface area contributed by atoms with Crippen molar-refractivity contribution in [2.24, 2.45) is 4.99 Å². The van der Waals surface area contributed by atoms with Crippen LogP contribution in [0.15, 0.2) is 57.1 Å². The molecule has 0 saturated heterocycles. The maximum Gasteiger partial charge on any atom is 0.257 e. The Morgan fingerprint density at radius 3 is 2.77 bits per heavy atom. The van der Waals surface area contributed by atoms with E-state index in [1.807, 2.05) is 6.07 Å². The number of amidine groups is 1. The summed E-state index contributed by atoms with van der Waals surface area (Å²) >= 11 is 4.56. The molecule has 0 radical (unpaired) electrons. The topological polar surface area (TPSA) is 71.4 Å². The normalized spacial score (nSPS) is 16.4. The van der Waals surface area contributed by atoms with E-state index < -0.39 is 6.04 Å². The summed E-state index contributed by atoms with van der Waals surface area (Å²) in [6.45, 7) is 0. The number of nitrogens with zero attached hydrogens (tertiary/aromatic N) is 2. The van der Waals surface area contributed by atoms with E-state index in [1.165, 1.54) is 11.8 Å². The molecule has 0 bridgehead atoms. The molecule has 1 aliphatic rings. The number of fused-ring (bicyclic) bond motifs is 1. The Morgan fingerprint density at radius 2 is 2.05 bits per heavy atom. The molecular weight excluding hydrogens is 366 g/mol. The molecule has 1 aromatic carbocycles. The Kier molecular flexibility index (Phi) is 4.35. The maximum absolute atomic E-state index is 12.2. The molecule has 1 unspecified atom stereocenters. The minimum absolute atomic E-state index is 0.275. The SMILES string of the molecule is O=CC1N=C(NC(=O)c2ccc(Br)cc2)Sc2ncccc21. The number of hydrogen-bond donors (Lipinski definition) is 1. The molecule has 1 atom stereocenters. The number of aromatic nitrogens is 1. The summed E-state index contributed by atoms with van der Waals surface area (Å²) in [5.74, 6) is -0.275. The van der Waals surface area contributed by atoms with Crippen LogP contribution >= 0.6 is 27.7 Å². The molecule has 3 rings (SSSR count). The van der Waals surface area contributed by atoms with Crippen LogP contribution in [0.5, 0.6) is 0 Å². The van der Waals surface area contributed by atoms with Crippen molar-refractivity contribution < 1.29 is 9.59 Å². The van der Waals surface area contributed by atoms with Crippen LogP contribution in [0, 0.1) is 0 Å². The predicted octanol–water partition coefficient (Wildman–Crippen LogP) is 2.98. The average molecular weight is 376 g/mol. The highest BCUT2D eigenvalue weighted by atomic mass is 79.9. The molecule has 0 spiro atoms. The largest absolute Gasteiger partial charge is 0.301 e. The number of pyridine rings is 1. The average Bonchev–Trinajstić information content (AvgIpc) is 2.54. The van der Waals surface area contributed by atoms with Crippen molar-refractivity contribution in [3.63, 3.8) is 0 Å². The molecule has 7 heteroatoms. The van der Waals surface area contributed by atoms with Gasteiger partial charge in [0, 0.05) is 21.8 Å². The van der Waals surface area contributed by atoms with Gasteiger partial charge in [-0.1, -0.05) is 22.0 Å². The van der Waals surface area contributed by atoms with E-state index in [4.69, 9.17) is 0 Å². The van der Waals surface area contributed by atoms with E-state index >= 15 is 0 Å². The zero-order valence-electron chi connectivity index (χ0n) is 11.2. The van der Waals surface area contributed by atoms with E-state index in [-0.39, 0.29) is 5.91 Å². The number of carbonyl (C=O) groups is 2. The number of benzene rings is 1. The van der Waals surface area contributed by atoms with Gasteiger partial charge in [-0.3, -0.25) is 4.79 Å². The van der Waals surface area contributed by atoms with Gasteiger partial charge in [0.15, 0.2) is 5.17 Å². The number of aldehydes is 1. The van der Waals surface area contributed by atoms with Crippen molar-refractivity contribution in [3.05, 3.63) is 58.2 Å². The lowest BCUT2D eigenvalue weighted by molar-refractivity contribution is -0.109. The monoisotopic (exact) mass is 375 g/mol. The molecule has 1 N–H and O–H groups in total. The van der Waals surface area contributed by atoms with Crippen LogP contribution < -0.4 is 5.32 Å². The Hall–Kier alpha value is -1.99. The Morgan fingerprint density at radius 1 is 1.27 bits per heavy atom. The molecule has 0 saturated carbocycles. The molecule has 1 amide bonds. The number of rotatable bonds is 2. The fourth-order valence-electron chi connectivity index (χ4n) is 1.96.